The molecule has 3 nitrogen and oxygen atoms in total. The molecule has 0 aromatic heterocycles. The second kappa shape index (κ2) is 15.7. The molecule has 0 aromatic carbocycles. The smallest absolute Gasteiger partial charge is 0.246 e. The van der Waals surface area contributed by atoms with Crippen LogP contribution in [0.2, 0.25) is 0 Å². The molecule has 1 amide bonds. The van der Waals surface area contributed by atoms with Gasteiger partial charge >= 0.3 is 0 Å². The monoisotopic (exact) mass is 338 g/mol. The molecule has 3 heteroatoms. The van der Waals surface area contributed by atoms with E-state index in [1.165, 1.54) is 64.2 Å². The van der Waals surface area contributed by atoms with Gasteiger partial charge < -0.3 is 10.2 Å². The van der Waals surface area contributed by atoms with E-state index in [1.54, 1.807) is 6.92 Å². The molecule has 142 valence electrons. The van der Waals surface area contributed by atoms with Crippen molar-refractivity contribution in [3.8, 4) is 0 Å². The first kappa shape index (κ1) is 23.2. The minimum absolute atomic E-state index is 0.0182. The topological polar surface area (TPSA) is 32.3 Å². The third kappa shape index (κ3) is 13.6. The summed E-state index contributed by atoms with van der Waals surface area (Å²) in [6, 6.07) is 0.635. The molecule has 0 bridgehead atoms. The Balaban J connectivity index is 3.63. The molecule has 0 saturated carbocycles. The Labute approximate surface area is 151 Å². The number of amides is 1. The van der Waals surface area contributed by atoms with Crippen LogP contribution < -0.4 is 5.32 Å². The maximum Gasteiger partial charge on any atom is 0.246 e. The number of hydrogen-bond acceptors (Lipinski definition) is 2. The lowest BCUT2D eigenvalue weighted by atomic mass is 10.0. The zero-order valence-electron chi connectivity index (χ0n) is 16.8. The van der Waals surface area contributed by atoms with Crippen LogP contribution in [0, 0.1) is 0 Å². The van der Waals surface area contributed by atoms with Crippen molar-refractivity contribution in [2.45, 2.75) is 96.9 Å². The first-order valence-corrected chi connectivity index (χ1v) is 10.1. The SMILES string of the molecule is C=C(C)C(=O)NCCCC(CCCCCCCCCCC)N(C)C. The van der Waals surface area contributed by atoms with E-state index in [9.17, 15) is 4.79 Å². The van der Waals surface area contributed by atoms with Gasteiger partial charge in [0.05, 0.1) is 0 Å². The minimum atomic E-state index is -0.0182. The molecule has 0 saturated heterocycles. The Bertz CT molecular complexity index is 326. The van der Waals surface area contributed by atoms with Gasteiger partial charge in [0.25, 0.3) is 0 Å². The summed E-state index contributed by atoms with van der Waals surface area (Å²) in [5, 5.41) is 2.92. The highest BCUT2D eigenvalue weighted by Gasteiger charge is 2.11. The van der Waals surface area contributed by atoms with Crippen LogP contribution in [0.1, 0.15) is 90.9 Å². The second-order valence-electron chi connectivity index (χ2n) is 7.41. The summed E-state index contributed by atoms with van der Waals surface area (Å²) in [5.74, 6) is -0.0182. The maximum atomic E-state index is 11.5. The molecule has 0 aromatic rings. The summed E-state index contributed by atoms with van der Waals surface area (Å²) in [6.07, 6.45) is 16.0. The van der Waals surface area contributed by atoms with Gasteiger partial charge in [0.2, 0.25) is 5.91 Å². The van der Waals surface area contributed by atoms with E-state index in [-0.39, 0.29) is 5.91 Å². The molecule has 0 spiro atoms. The fourth-order valence-electron chi connectivity index (χ4n) is 3.04. The highest BCUT2D eigenvalue weighted by atomic mass is 16.1. The summed E-state index contributed by atoms with van der Waals surface area (Å²) in [6.45, 7) is 8.45. The molecule has 1 unspecified atom stereocenters. The van der Waals surface area contributed by atoms with Crippen molar-refractivity contribution in [1.29, 1.82) is 0 Å². The fourth-order valence-corrected chi connectivity index (χ4v) is 3.04. The van der Waals surface area contributed by atoms with Gasteiger partial charge in [-0.1, -0.05) is 71.3 Å². The number of carbonyl (C=O) groups excluding carboxylic acids is 1. The van der Waals surface area contributed by atoms with E-state index in [4.69, 9.17) is 0 Å². The third-order valence-corrected chi connectivity index (χ3v) is 4.76. The average Bonchev–Trinajstić information content (AvgIpc) is 2.54. The summed E-state index contributed by atoms with van der Waals surface area (Å²) in [5.41, 5.74) is 0.592. The van der Waals surface area contributed by atoms with Crippen molar-refractivity contribution >= 4 is 5.91 Å². The van der Waals surface area contributed by atoms with Crippen LogP contribution in [-0.4, -0.2) is 37.5 Å². The highest BCUT2D eigenvalue weighted by molar-refractivity contribution is 5.91. The number of carbonyl (C=O) groups is 1. The first-order chi connectivity index (χ1) is 11.5. The van der Waals surface area contributed by atoms with Crippen molar-refractivity contribution in [3.63, 3.8) is 0 Å². The van der Waals surface area contributed by atoms with Crippen molar-refractivity contribution < 1.29 is 4.79 Å². The van der Waals surface area contributed by atoms with Crippen LogP contribution in [0.25, 0.3) is 0 Å². The fraction of sp³-hybridized carbons (Fsp3) is 0.857. The molecule has 0 aliphatic carbocycles. The molecule has 0 radical (unpaired) electrons. The van der Waals surface area contributed by atoms with Gasteiger partial charge in [-0.05, 0) is 40.3 Å². The Morgan fingerprint density at radius 1 is 0.917 bits per heavy atom. The van der Waals surface area contributed by atoms with Gasteiger partial charge in [0.15, 0.2) is 0 Å². The predicted octanol–water partition coefficient (Wildman–Crippen LogP) is 5.31. The molecular weight excluding hydrogens is 296 g/mol. The van der Waals surface area contributed by atoms with Crippen LogP contribution in [0.15, 0.2) is 12.2 Å². The van der Waals surface area contributed by atoms with Crippen molar-refractivity contribution in [1.82, 2.24) is 10.2 Å². The first-order valence-electron chi connectivity index (χ1n) is 10.1. The van der Waals surface area contributed by atoms with Gasteiger partial charge in [-0.2, -0.15) is 0 Å². The van der Waals surface area contributed by atoms with Gasteiger partial charge in [0, 0.05) is 18.2 Å². The number of nitrogens with zero attached hydrogens (tertiary/aromatic N) is 1. The number of unbranched alkanes of at least 4 members (excludes halogenated alkanes) is 8. The van der Waals surface area contributed by atoms with E-state index in [1.807, 2.05) is 0 Å². The molecule has 0 heterocycles. The molecular formula is C21H42N2O. The largest absolute Gasteiger partial charge is 0.352 e. The summed E-state index contributed by atoms with van der Waals surface area (Å²) in [4.78, 5) is 13.8. The van der Waals surface area contributed by atoms with Crippen molar-refractivity contribution in [2.75, 3.05) is 20.6 Å². The van der Waals surface area contributed by atoms with Crippen LogP contribution in [0.3, 0.4) is 0 Å². The zero-order chi connectivity index (χ0) is 18.2. The van der Waals surface area contributed by atoms with E-state index in [2.05, 4.69) is 37.8 Å². The molecule has 0 aliphatic heterocycles. The van der Waals surface area contributed by atoms with Crippen molar-refractivity contribution in [3.05, 3.63) is 12.2 Å². The van der Waals surface area contributed by atoms with Crippen LogP contribution in [0.5, 0.6) is 0 Å². The number of nitrogens with one attached hydrogen (secondary N) is 1. The molecule has 0 rings (SSSR count). The molecule has 1 atom stereocenters. The Morgan fingerprint density at radius 2 is 1.42 bits per heavy atom. The van der Waals surface area contributed by atoms with Crippen LogP contribution in [0.4, 0.5) is 0 Å². The standard InChI is InChI=1S/C21H42N2O/c1-6-7-8-9-10-11-12-13-14-16-20(23(4)5)17-15-18-22-21(24)19(2)3/h20H,2,6-18H2,1,3-5H3,(H,22,24). The lowest BCUT2D eigenvalue weighted by Crippen LogP contribution is -2.30. The molecule has 0 fully saturated rings. The van der Waals surface area contributed by atoms with E-state index >= 15 is 0 Å². The lowest BCUT2D eigenvalue weighted by Gasteiger charge is -2.24. The Morgan fingerprint density at radius 3 is 1.92 bits per heavy atom. The predicted molar refractivity (Wildman–Crippen MR) is 106 cm³/mol. The quantitative estimate of drug-likeness (QED) is 0.305. The average molecular weight is 339 g/mol. The Hall–Kier alpha value is -0.830. The number of hydrogen-bond donors (Lipinski definition) is 1. The molecule has 1 N–H and O–H groups in total. The van der Waals surface area contributed by atoms with Gasteiger partial charge in [-0.25, -0.2) is 0 Å². The van der Waals surface area contributed by atoms with Gasteiger partial charge in [-0.3, -0.25) is 4.79 Å². The summed E-state index contributed by atoms with van der Waals surface area (Å²) in [7, 11) is 4.34. The summed E-state index contributed by atoms with van der Waals surface area (Å²) < 4.78 is 0. The van der Waals surface area contributed by atoms with E-state index in [0.717, 1.165) is 19.4 Å². The van der Waals surface area contributed by atoms with Crippen molar-refractivity contribution in [2.24, 2.45) is 0 Å². The van der Waals surface area contributed by atoms with E-state index in [0.29, 0.717) is 11.6 Å². The molecule has 0 aliphatic rings. The maximum absolute atomic E-state index is 11.5. The number of rotatable bonds is 16. The third-order valence-electron chi connectivity index (χ3n) is 4.76. The summed E-state index contributed by atoms with van der Waals surface area (Å²) >= 11 is 0. The highest BCUT2D eigenvalue weighted by Crippen LogP contribution is 2.15. The normalized spacial score (nSPS) is 12.4. The Kier molecular flexibility index (Phi) is 15.1. The van der Waals surface area contributed by atoms with Gasteiger partial charge in [-0.15, -0.1) is 0 Å². The van der Waals surface area contributed by atoms with Crippen LogP contribution >= 0.6 is 0 Å². The zero-order valence-corrected chi connectivity index (χ0v) is 16.8. The second-order valence-corrected chi connectivity index (χ2v) is 7.41. The van der Waals surface area contributed by atoms with E-state index < -0.39 is 0 Å². The lowest BCUT2D eigenvalue weighted by molar-refractivity contribution is -0.117. The van der Waals surface area contributed by atoms with Crippen LogP contribution in [-0.2, 0) is 4.79 Å². The minimum Gasteiger partial charge on any atom is -0.352 e. The molecule has 24 heavy (non-hydrogen) atoms. The van der Waals surface area contributed by atoms with Gasteiger partial charge in [0.1, 0.15) is 0 Å².